The minimum Gasteiger partial charge on any atom is -0.481 e. The van der Waals surface area contributed by atoms with Gasteiger partial charge in [-0.1, -0.05) is 25.0 Å². The van der Waals surface area contributed by atoms with Crippen LogP contribution < -0.4 is 0 Å². The highest BCUT2D eigenvalue weighted by Gasteiger charge is 2.32. The van der Waals surface area contributed by atoms with Crippen molar-refractivity contribution in [1.82, 2.24) is 4.90 Å². The van der Waals surface area contributed by atoms with Crippen LogP contribution >= 0.6 is 0 Å². The van der Waals surface area contributed by atoms with E-state index in [4.69, 9.17) is 5.11 Å². The molecule has 1 N–H and O–H groups in total. The molecule has 0 amide bonds. The van der Waals surface area contributed by atoms with Crippen LogP contribution in [-0.4, -0.2) is 34.6 Å². The molecule has 3 heteroatoms. The Bertz CT molecular complexity index is 314. The van der Waals surface area contributed by atoms with E-state index in [1.54, 1.807) is 0 Å². The maximum absolute atomic E-state index is 11.1. The maximum atomic E-state index is 11.1. The molecule has 3 nitrogen and oxygen atoms in total. The van der Waals surface area contributed by atoms with Gasteiger partial charge in [-0.05, 0) is 45.6 Å². The van der Waals surface area contributed by atoms with Crippen molar-refractivity contribution in [2.75, 3.05) is 6.54 Å². The lowest BCUT2D eigenvalue weighted by atomic mass is 9.89. The molecule has 0 aromatic heterocycles. The van der Waals surface area contributed by atoms with Crippen molar-refractivity contribution in [3.63, 3.8) is 0 Å². The van der Waals surface area contributed by atoms with Gasteiger partial charge in [0.1, 0.15) is 0 Å². The summed E-state index contributed by atoms with van der Waals surface area (Å²) in [6, 6.07) is 0.934. The summed E-state index contributed by atoms with van der Waals surface area (Å²) >= 11 is 0. The van der Waals surface area contributed by atoms with E-state index in [9.17, 15) is 4.79 Å². The van der Waals surface area contributed by atoms with Crippen molar-refractivity contribution in [3.05, 3.63) is 12.2 Å². The lowest BCUT2D eigenvalue weighted by molar-refractivity contribution is -0.144. The van der Waals surface area contributed by atoms with Crippen molar-refractivity contribution >= 4 is 5.97 Å². The van der Waals surface area contributed by atoms with Crippen LogP contribution in [0.3, 0.4) is 0 Å². The predicted octanol–water partition coefficient (Wildman–Crippen LogP) is 3.06. The fourth-order valence-corrected chi connectivity index (χ4v) is 3.33. The zero-order valence-corrected chi connectivity index (χ0v) is 11.3. The third-order valence-electron chi connectivity index (χ3n) is 4.43. The minimum atomic E-state index is -0.616. The SMILES string of the molecule is CC1CC(C(=O)O)CCN1C1/C=C/CCCCC1. The number of allylic oxidation sites excluding steroid dienone is 1. The summed E-state index contributed by atoms with van der Waals surface area (Å²) in [4.78, 5) is 13.6. The van der Waals surface area contributed by atoms with E-state index in [0.29, 0.717) is 12.1 Å². The molecule has 0 aromatic carbocycles. The van der Waals surface area contributed by atoms with Crippen LogP contribution in [0.5, 0.6) is 0 Å². The van der Waals surface area contributed by atoms with Crippen LogP contribution in [0.25, 0.3) is 0 Å². The number of carboxylic acids is 1. The molecule has 3 atom stereocenters. The maximum Gasteiger partial charge on any atom is 0.306 e. The average molecular weight is 251 g/mol. The van der Waals surface area contributed by atoms with E-state index in [-0.39, 0.29) is 5.92 Å². The quantitative estimate of drug-likeness (QED) is 0.767. The molecule has 2 aliphatic rings. The number of piperidine rings is 1. The molecule has 2 rings (SSSR count). The number of carboxylic acid groups (broad SMARTS) is 1. The first-order valence-electron chi connectivity index (χ1n) is 7.33. The highest BCUT2D eigenvalue weighted by molar-refractivity contribution is 5.70. The molecule has 1 heterocycles. The van der Waals surface area contributed by atoms with E-state index in [0.717, 1.165) is 19.4 Å². The van der Waals surface area contributed by atoms with E-state index in [1.165, 1.54) is 32.1 Å². The van der Waals surface area contributed by atoms with Gasteiger partial charge in [0.15, 0.2) is 0 Å². The average Bonchev–Trinajstić information content (AvgIpc) is 2.29. The third-order valence-corrected chi connectivity index (χ3v) is 4.43. The van der Waals surface area contributed by atoms with Crippen LogP contribution in [0, 0.1) is 5.92 Å². The molecule has 0 spiro atoms. The fourth-order valence-electron chi connectivity index (χ4n) is 3.33. The summed E-state index contributed by atoms with van der Waals surface area (Å²) in [6.45, 7) is 3.12. The Kier molecular flexibility index (Phi) is 4.81. The molecule has 1 aliphatic carbocycles. The van der Waals surface area contributed by atoms with E-state index >= 15 is 0 Å². The molecular weight excluding hydrogens is 226 g/mol. The molecule has 0 aromatic rings. The molecule has 102 valence electrons. The van der Waals surface area contributed by atoms with Gasteiger partial charge in [-0.3, -0.25) is 9.69 Å². The van der Waals surface area contributed by atoms with Gasteiger partial charge in [0.25, 0.3) is 0 Å². The number of carbonyl (C=O) groups is 1. The number of hydrogen-bond donors (Lipinski definition) is 1. The van der Waals surface area contributed by atoms with Gasteiger partial charge < -0.3 is 5.11 Å². The molecule has 0 bridgehead atoms. The monoisotopic (exact) mass is 251 g/mol. The zero-order valence-electron chi connectivity index (χ0n) is 11.3. The van der Waals surface area contributed by atoms with E-state index in [2.05, 4.69) is 24.0 Å². The van der Waals surface area contributed by atoms with Crippen LogP contribution in [0.1, 0.15) is 51.9 Å². The first-order valence-corrected chi connectivity index (χ1v) is 7.33. The molecule has 0 saturated carbocycles. The zero-order chi connectivity index (χ0) is 13.0. The fraction of sp³-hybridized carbons (Fsp3) is 0.800. The third kappa shape index (κ3) is 3.35. The number of hydrogen-bond acceptors (Lipinski definition) is 2. The van der Waals surface area contributed by atoms with Crippen LogP contribution in [0.15, 0.2) is 12.2 Å². The summed E-state index contributed by atoms with van der Waals surface area (Å²) in [5.74, 6) is -0.747. The highest BCUT2D eigenvalue weighted by Crippen LogP contribution is 2.27. The minimum absolute atomic E-state index is 0.131. The molecule has 1 aliphatic heterocycles. The Morgan fingerprint density at radius 1 is 1.28 bits per heavy atom. The standard InChI is InChI=1S/C15H25NO2/c1-12-11-13(15(17)18)9-10-16(12)14-7-5-3-2-4-6-8-14/h5,7,12-14H,2-4,6,8-11H2,1H3,(H,17,18)/b7-5+. The lowest BCUT2D eigenvalue weighted by Gasteiger charge is -2.41. The van der Waals surface area contributed by atoms with Crippen molar-refractivity contribution < 1.29 is 9.90 Å². The van der Waals surface area contributed by atoms with Crippen LogP contribution in [0.4, 0.5) is 0 Å². The lowest BCUT2D eigenvalue weighted by Crippen LogP contribution is -2.47. The molecule has 3 unspecified atom stereocenters. The Morgan fingerprint density at radius 2 is 2.11 bits per heavy atom. The van der Waals surface area contributed by atoms with Crippen LogP contribution in [-0.2, 0) is 4.79 Å². The smallest absolute Gasteiger partial charge is 0.306 e. The summed E-state index contributed by atoms with van der Waals surface area (Å²) in [5.41, 5.74) is 0. The van der Waals surface area contributed by atoms with Gasteiger partial charge in [-0.15, -0.1) is 0 Å². The topological polar surface area (TPSA) is 40.5 Å². The van der Waals surface area contributed by atoms with E-state index < -0.39 is 5.97 Å². The van der Waals surface area contributed by atoms with Gasteiger partial charge in [0.05, 0.1) is 5.92 Å². The molecule has 1 fully saturated rings. The number of aliphatic carboxylic acids is 1. The molecular formula is C15H25NO2. The second-order valence-corrected chi connectivity index (χ2v) is 5.78. The van der Waals surface area contributed by atoms with Gasteiger partial charge >= 0.3 is 5.97 Å². The normalized spacial score (nSPS) is 36.6. The summed E-state index contributed by atoms with van der Waals surface area (Å²) in [6.07, 6.45) is 12.7. The van der Waals surface area contributed by atoms with Crippen LogP contribution in [0.2, 0.25) is 0 Å². The second kappa shape index (κ2) is 6.37. The first-order chi connectivity index (χ1) is 8.68. The number of rotatable bonds is 2. The first kappa shape index (κ1) is 13.6. The van der Waals surface area contributed by atoms with Gasteiger partial charge in [0.2, 0.25) is 0 Å². The Labute approximate surface area is 110 Å². The molecule has 18 heavy (non-hydrogen) atoms. The summed E-state index contributed by atoms with van der Waals surface area (Å²) < 4.78 is 0. The highest BCUT2D eigenvalue weighted by atomic mass is 16.4. The number of likely N-dealkylation sites (tertiary alicyclic amines) is 1. The second-order valence-electron chi connectivity index (χ2n) is 5.78. The van der Waals surface area contributed by atoms with Crippen molar-refractivity contribution in [2.45, 2.75) is 64.0 Å². The summed E-state index contributed by atoms with van der Waals surface area (Å²) in [7, 11) is 0. The molecule has 0 radical (unpaired) electrons. The van der Waals surface area contributed by atoms with Crippen molar-refractivity contribution in [3.8, 4) is 0 Å². The van der Waals surface area contributed by atoms with Crippen molar-refractivity contribution in [1.29, 1.82) is 0 Å². The van der Waals surface area contributed by atoms with Gasteiger partial charge in [-0.25, -0.2) is 0 Å². The Morgan fingerprint density at radius 3 is 2.83 bits per heavy atom. The molecule has 1 saturated heterocycles. The predicted molar refractivity (Wildman–Crippen MR) is 72.5 cm³/mol. The number of nitrogens with zero attached hydrogens (tertiary/aromatic N) is 1. The van der Waals surface area contributed by atoms with Gasteiger partial charge in [-0.2, -0.15) is 0 Å². The van der Waals surface area contributed by atoms with E-state index in [1.807, 2.05) is 0 Å². The van der Waals surface area contributed by atoms with Gasteiger partial charge in [0, 0.05) is 12.1 Å². The van der Waals surface area contributed by atoms with Crippen molar-refractivity contribution in [2.24, 2.45) is 5.92 Å². The largest absolute Gasteiger partial charge is 0.481 e. The summed E-state index contributed by atoms with van der Waals surface area (Å²) in [5, 5.41) is 9.10. The Balaban J connectivity index is 1.96. The Hall–Kier alpha value is -0.830.